The molecule has 3 aromatic carbocycles. The summed E-state index contributed by atoms with van der Waals surface area (Å²) in [4.78, 5) is 0. The Labute approximate surface area is 168 Å². The van der Waals surface area contributed by atoms with E-state index in [4.69, 9.17) is 4.74 Å². The monoisotopic (exact) mass is 402 g/mol. The van der Waals surface area contributed by atoms with Crippen LogP contribution in [0.3, 0.4) is 0 Å². The molecule has 29 heavy (non-hydrogen) atoms. The van der Waals surface area contributed by atoms with E-state index in [1.807, 2.05) is 0 Å². The van der Waals surface area contributed by atoms with Gasteiger partial charge in [0.25, 0.3) is 0 Å². The molecule has 3 aromatic rings. The van der Waals surface area contributed by atoms with Gasteiger partial charge >= 0.3 is 0 Å². The Bertz CT molecular complexity index is 997. The number of hydrogen-bond donors (Lipinski definition) is 0. The van der Waals surface area contributed by atoms with Gasteiger partial charge in [0.2, 0.25) is 0 Å². The summed E-state index contributed by atoms with van der Waals surface area (Å²) in [7, 11) is 0. The van der Waals surface area contributed by atoms with Crippen molar-refractivity contribution in [3.63, 3.8) is 0 Å². The van der Waals surface area contributed by atoms with Crippen LogP contribution in [0.4, 0.5) is 17.6 Å². The van der Waals surface area contributed by atoms with Gasteiger partial charge in [-0.05, 0) is 48.9 Å². The molecule has 0 aliphatic carbocycles. The molecule has 0 fully saturated rings. The average molecular weight is 402 g/mol. The van der Waals surface area contributed by atoms with Crippen molar-refractivity contribution < 1.29 is 22.3 Å². The summed E-state index contributed by atoms with van der Waals surface area (Å²) in [6.45, 7) is 3.75. The van der Waals surface area contributed by atoms with Crippen LogP contribution in [-0.2, 0) is 24.2 Å². The van der Waals surface area contributed by atoms with Gasteiger partial charge in [0.1, 0.15) is 0 Å². The van der Waals surface area contributed by atoms with Crippen LogP contribution in [0.15, 0.2) is 48.5 Å². The standard InChI is InChI=1S/C24H22F4O/c1-3-29-14-19-12-13-20(24(28)23(19)27)17-9-5-16(6-10-17)7-11-18-8-4-15(2)21(25)22(18)26/h4-6,8-10,12-13H,3,7,11,14H2,1-2H3. The molecule has 0 aliphatic rings. The van der Waals surface area contributed by atoms with Crippen LogP contribution in [0, 0.1) is 30.2 Å². The van der Waals surface area contributed by atoms with Gasteiger partial charge in [-0.15, -0.1) is 0 Å². The van der Waals surface area contributed by atoms with E-state index in [1.165, 1.54) is 19.1 Å². The molecule has 152 valence electrons. The third-order valence-corrected chi connectivity index (χ3v) is 4.93. The SMILES string of the molecule is CCOCc1ccc(-c2ccc(CCc3ccc(C)c(F)c3F)cc2)c(F)c1F. The second kappa shape index (κ2) is 9.23. The minimum Gasteiger partial charge on any atom is -0.377 e. The summed E-state index contributed by atoms with van der Waals surface area (Å²) in [5, 5.41) is 0. The van der Waals surface area contributed by atoms with Crippen LogP contribution < -0.4 is 0 Å². The molecule has 0 aromatic heterocycles. The summed E-state index contributed by atoms with van der Waals surface area (Å²) < 4.78 is 61.5. The van der Waals surface area contributed by atoms with Crippen molar-refractivity contribution in [2.24, 2.45) is 0 Å². The quantitative estimate of drug-likeness (QED) is 0.408. The lowest BCUT2D eigenvalue weighted by Gasteiger charge is -2.10. The van der Waals surface area contributed by atoms with Crippen LogP contribution in [0.5, 0.6) is 0 Å². The molecule has 5 heteroatoms. The molecular weight excluding hydrogens is 380 g/mol. The average Bonchev–Trinajstić information content (AvgIpc) is 2.73. The van der Waals surface area contributed by atoms with E-state index < -0.39 is 23.3 Å². The highest BCUT2D eigenvalue weighted by atomic mass is 19.2. The zero-order valence-corrected chi connectivity index (χ0v) is 16.4. The molecule has 0 N–H and O–H groups in total. The zero-order valence-electron chi connectivity index (χ0n) is 16.4. The second-order valence-electron chi connectivity index (χ2n) is 6.90. The van der Waals surface area contributed by atoms with Crippen molar-refractivity contribution in [1.82, 2.24) is 0 Å². The molecule has 3 rings (SSSR count). The van der Waals surface area contributed by atoms with Crippen molar-refractivity contribution in [1.29, 1.82) is 0 Å². The first-order valence-corrected chi connectivity index (χ1v) is 9.49. The minimum atomic E-state index is -0.910. The van der Waals surface area contributed by atoms with E-state index in [-0.39, 0.29) is 23.3 Å². The molecule has 0 bridgehead atoms. The molecule has 1 nitrogen and oxygen atoms in total. The number of benzene rings is 3. The van der Waals surface area contributed by atoms with Gasteiger partial charge in [-0.2, -0.15) is 0 Å². The lowest BCUT2D eigenvalue weighted by molar-refractivity contribution is 0.131. The number of aryl methyl sites for hydroxylation is 3. The molecule has 0 atom stereocenters. The smallest absolute Gasteiger partial charge is 0.167 e. The van der Waals surface area contributed by atoms with Crippen LogP contribution in [-0.4, -0.2) is 6.61 Å². The van der Waals surface area contributed by atoms with Crippen LogP contribution in [0.2, 0.25) is 0 Å². The Morgan fingerprint density at radius 2 is 1.34 bits per heavy atom. The first-order chi connectivity index (χ1) is 13.9. The summed E-state index contributed by atoms with van der Waals surface area (Å²) in [6, 6.07) is 13.2. The van der Waals surface area contributed by atoms with E-state index in [1.54, 1.807) is 43.3 Å². The topological polar surface area (TPSA) is 9.23 Å². The van der Waals surface area contributed by atoms with Crippen molar-refractivity contribution >= 4 is 0 Å². The zero-order chi connectivity index (χ0) is 21.0. The summed E-state index contributed by atoms with van der Waals surface area (Å²) in [5.41, 5.74) is 2.37. The molecule has 0 saturated heterocycles. The molecule has 0 radical (unpaired) electrons. The number of hydrogen-bond acceptors (Lipinski definition) is 1. The lowest BCUT2D eigenvalue weighted by Crippen LogP contribution is -2.00. The Morgan fingerprint density at radius 3 is 2.03 bits per heavy atom. The van der Waals surface area contributed by atoms with Crippen molar-refractivity contribution in [3.05, 3.63) is 94.1 Å². The highest BCUT2D eigenvalue weighted by molar-refractivity contribution is 5.65. The highest BCUT2D eigenvalue weighted by Crippen LogP contribution is 2.27. The van der Waals surface area contributed by atoms with Crippen LogP contribution >= 0.6 is 0 Å². The van der Waals surface area contributed by atoms with Gasteiger partial charge in [-0.3, -0.25) is 0 Å². The Kier molecular flexibility index (Phi) is 6.70. The van der Waals surface area contributed by atoms with Crippen molar-refractivity contribution in [2.45, 2.75) is 33.3 Å². The predicted octanol–water partition coefficient (Wildman–Crippen LogP) is 6.54. The molecule has 0 heterocycles. The molecular formula is C24H22F4O. The number of halogens is 4. The molecule has 0 saturated carbocycles. The summed E-state index contributed by atoms with van der Waals surface area (Å²) >= 11 is 0. The first-order valence-electron chi connectivity index (χ1n) is 9.49. The van der Waals surface area contributed by atoms with Gasteiger partial charge in [0.05, 0.1) is 6.61 Å². The predicted molar refractivity (Wildman–Crippen MR) is 106 cm³/mol. The second-order valence-corrected chi connectivity index (χ2v) is 6.90. The Balaban J connectivity index is 1.74. The van der Waals surface area contributed by atoms with E-state index in [0.29, 0.717) is 30.6 Å². The molecule has 0 amide bonds. The lowest BCUT2D eigenvalue weighted by atomic mass is 9.98. The fourth-order valence-corrected chi connectivity index (χ4v) is 3.14. The Hall–Kier alpha value is -2.66. The maximum atomic E-state index is 14.5. The van der Waals surface area contributed by atoms with Gasteiger partial charge in [0, 0.05) is 17.7 Å². The third-order valence-electron chi connectivity index (χ3n) is 4.93. The summed E-state index contributed by atoms with van der Waals surface area (Å²) in [5.74, 6) is -3.45. The van der Waals surface area contributed by atoms with Crippen LogP contribution in [0.25, 0.3) is 11.1 Å². The molecule has 0 unspecified atom stereocenters. The van der Waals surface area contributed by atoms with Gasteiger partial charge in [-0.1, -0.05) is 48.5 Å². The maximum Gasteiger partial charge on any atom is 0.167 e. The third kappa shape index (κ3) is 4.67. The largest absolute Gasteiger partial charge is 0.377 e. The Morgan fingerprint density at radius 1 is 0.690 bits per heavy atom. The fraction of sp³-hybridized carbons (Fsp3) is 0.250. The first kappa shape index (κ1) is 21.1. The van der Waals surface area contributed by atoms with Crippen LogP contribution in [0.1, 0.15) is 29.2 Å². The molecule has 0 spiro atoms. The van der Waals surface area contributed by atoms with E-state index in [9.17, 15) is 17.6 Å². The number of rotatable bonds is 7. The van der Waals surface area contributed by atoms with Gasteiger partial charge in [0.15, 0.2) is 23.3 Å². The highest BCUT2D eigenvalue weighted by Gasteiger charge is 2.15. The van der Waals surface area contributed by atoms with E-state index in [0.717, 1.165) is 5.56 Å². The normalized spacial score (nSPS) is 11.1. The summed E-state index contributed by atoms with van der Waals surface area (Å²) in [6.07, 6.45) is 0.849. The minimum absolute atomic E-state index is 0.0225. The number of ether oxygens (including phenoxy) is 1. The fourth-order valence-electron chi connectivity index (χ4n) is 3.14. The molecule has 0 aliphatic heterocycles. The van der Waals surface area contributed by atoms with E-state index >= 15 is 0 Å². The maximum absolute atomic E-state index is 14.5. The van der Waals surface area contributed by atoms with Gasteiger partial charge < -0.3 is 4.74 Å². The van der Waals surface area contributed by atoms with Crippen molar-refractivity contribution in [2.75, 3.05) is 6.61 Å². The van der Waals surface area contributed by atoms with Gasteiger partial charge in [-0.25, -0.2) is 17.6 Å². The van der Waals surface area contributed by atoms with Crippen molar-refractivity contribution in [3.8, 4) is 11.1 Å². The van der Waals surface area contributed by atoms with E-state index in [2.05, 4.69) is 0 Å².